The lowest BCUT2D eigenvalue weighted by atomic mass is 10.4. The van der Waals surface area contributed by atoms with Crippen LogP contribution in [0, 0.1) is 0 Å². The third kappa shape index (κ3) is 6.70. The molecule has 0 spiro atoms. The van der Waals surface area contributed by atoms with Crippen molar-refractivity contribution >= 4 is 6.03 Å². The Bertz CT molecular complexity index is 184. The zero-order valence-electron chi connectivity index (χ0n) is 7.24. The number of nitrogens with one attached hydrogen (secondary N) is 2. The van der Waals surface area contributed by atoms with E-state index in [2.05, 4.69) is 20.7 Å². The lowest BCUT2D eigenvalue weighted by Crippen LogP contribution is -2.40. The number of azide groups is 1. The molecule has 0 aliphatic rings. The predicted octanol–water partition coefficient (Wildman–Crippen LogP) is 1.00. The van der Waals surface area contributed by atoms with E-state index < -0.39 is 0 Å². The fourth-order valence-electron chi connectivity index (χ4n) is 0.577. The number of hydrogen-bond acceptors (Lipinski definition) is 2. The molecule has 68 valence electrons. The number of carbonyl (C=O) groups excluding carboxylic acids is 1. The molecule has 0 aliphatic heterocycles. The standard InChI is InChI=1S/C6H13N5O/c1-5(2)10-6(12)8-3-4-9-11-7/h5H,3-4H2,1-2H3,(H2,8,10,12). The highest BCUT2D eigenvalue weighted by atomic mass is 16.2. The van der Waals surface area contributed by atoms with Crippen LogP contribution in [-0.2, 0) is 0 Å². The van der Waals surface area contributed by atoms with E-state index in [1.807, 2.05) is 13.8 Å². The third-order valence-electron chi connectivity index (χ3n) is 0.980. The summed E-state index contributed by atoms with van der Waals surface area (Å²) in [5.41, 5.74) is 7.91. The van der Waals surface area contributed by atoms with Crippen LogP contribution in [0.4, 0.5) is 4.79 Å². The summed E-state index contributed by atoms with van der Waals surface area (Å²) in [5.74, 6) is 0. The summed E-state index contributed by atoms with van der Waals surface area (Å²) in [6.45, 7) is 4.38. The first-order valence-corrected chi connectivity index (χ1v) is 3.72. The van der Waals surface area contributed by atoms with Crippen molar-refractivity contribution in [3.8, 4) is 0 Å². The van der Waals surface area contributed by atoms with E-state index in [1.165, 1.54) is 0 Å². The summed E-state index contributed by atoms with van der Waals surface area (Å²) in [4.78, 5) is 13.4. The molecule has 6 heteroatoms. The minimum Gasteiger partial charge on any atom is -0.338 e. The number of rotatable bonds is 4. The third-order valence-corrected chi connectivity index (χ3v) is 0.980. The molecule has 0 radical (unpaired) electrons. The molecule has 0 aliphatic carbocycles. The van der Waals surface area contributed by atoms with Crippen LogP contribution < -0.4 is 10.6 Å². The van der Waals surface area contributed by atoms with Gasteiger partial charge in [-0.25, -0.2) is 4.79 Å². The summed E-state index contributed by atoms with van der Waals surface area (Å²) in [6.07, 6.45) is 0. The average Bonchev–Trinajstić information content (AvgIpc) is 1.97. The molecule has 2 amide bonds. The van der Waals surface area contributed by atoms with E-state index in [0.717, 1.165) is 0 Å². The highest BCUT2D eigenvalue weighted by Crippen LogP contribution is 1.76. The fourth-order valence-corrected chi connectivity index (χ4v) is 0.577. The van der Waals surface area contributed by atoms with Gasteiger partial charge in [0.15, 0.2) is 0 Å². The Morgan fingerprint density at radius 2 is 2.33 bits per heavy atom. The minimum atomic E-state index is -0.238. The maximum atomic E-state index is 10.9. The van der Waals surface area contributed by atoms with Crippen LogP contribution in [0.5, 0.6) is 0 Å². The van der Waals surface area contributed by atoms with Crippen molar-refractivity contribution in [2.45, 2.75) is 19.9 Å². The highest BCUT2D eigenvalue weighted by Gasteiger charge is 1.99. The molecule has 0 heterocycles. The number of urea groups is 1. The van der Waals surface area contributed by atoms with Gasteiger partial charge < -0.3 is 10.6 Å². The summed E-state index contributed by atoms with van der Waals surface area (Å²) in [5, 5.41) is 8.43. The van der Waals surface area contributed by atoms with Gasteiger partial charge in [0.2, 0.25) is 0 Å². The maximum absolute atomic E-state index is 10.9. The van der Waals surface area contributed by atoms with E-state index >= 15 is 0 Å². The van der Waals surface area contributed by atoms with Crippen molar-refractivity contribution in [1.82, 2.24) is 10.6 Å². The van der Waals surface area contributed by atoms with Crippen molar-refractivity contribution in [3.05, 3.63) is 10.4 Å². The van der Waals surface area contributed by atoms with Gasteiger partial charge in [0.1, 0.15) is 0 Å². The number of carbonyl (C=O) groups is 1. The monoisotopic (exact) mass is 171 g/mol. The summed E-state index contributed by atoms with van der Waals surface area (Å²) >= 11 is 0. The van der Waals surface area contributed by atoms with Gasteiger partial charge in [0, 0.05) is 24.0 Å². The van der Waals surface area contributed by atoms with E-state index in [0.29, 0.717) is 6.54 Å². The molecule has 0 aromatic rings. The molecule has 6 nitrogen and oxygen atoms in total. The largest absolute Gasteiger partial charge is 0.338 e. The Kier molecular flexibility index (Phi) is 5.55. The van der Waals surface area contributed by atoms with Crippen LogP contribution in [0.2, 0.25) is 0 Å². The quantitative estimate of drug-likeness (QED) is 0.281. The first kappa shape index (κ1) is 10.6. The lowest BCUT2D eigenvalue weighted by Gasteiger charge is -2.08. The van der Waals surface area contributed by atoms with Gasteiger partial charge in [-0.15, -0.1) is 0 Å². The van der Waals surface area contributed by atoms with Crippen LogP contribution in [0.25, 0.3) is 10.4 Å². The van der Waals surface area contributed by atoms with Crippen LogP contribution in [0.1, 0.15) is 13.8 Å². The Balaban J connectivity index is 3.37. The maximum Gasteiger partial charge on any atom is 0.314 e. The molecule has 12 heavy (non-hydrogen) atoms. The highest BCUT2D eigenvalue weighted by molar-refractivity contribution is 5.74. The number of amides is 2. The van der Waals surface area contributed by atoms with Gasteiger partial charge in [-0.05, 0) is 19.4 Å². The molecule has 0 aromatic carbocycles. The molecule has 0 fully saturated rings. The molecule has 0 saturated heterocycles. The molecular formula is C6H13N5O. The first-order chi connectivity index (χ1) is 5.66. The molecule has 0 saturated carbocycles. The smallest absolute Gasteiger partial charge is 0.314 e. The molecule has 0 bridgehead atoms. The van der Waals surface area contributed by atoms with E-state index in [1.54, 1.807) is 0 Å². The fraction of sp³-hybridized carbons (Fsp3) is 0.833. The zero-order chi connectivity index (χ0) is 9.40. The SMILES string of the molecule is CC(C)NC(=O)NCCN=[N+]=[N-]. The Morgan fingerprint density at radius 3 is 2.83 bits per heavy atom. The van der Waals surface area contributed by atoms with Crippen molar-refractivity contribution in [3.63, 3.8) is 0 Å². The molecule has 0 aromatic heterocycles. The Morgan fingerprint density at radius 1 is 1.67 bits per heavy atom. The molecule has 0 atom stereocenters. The number of hydrogen-bond donors (Lipinski definition) is 2. The number of nitrogens with zero attached hydrogens (tertiary/aromatic N) is 3. The second-order valence-corrected chi connectivity index (χ2v) is 2.51. The zero-order valence-corrected chi connectivity index (χ0v) is 7.24. The summed E-state index contributed by atoms with van der Waals surface area (Å²) < 4.78 is 0. The summed E-state index contributed by atoms with van der Waals surface area (Å²) in [6, 6.07) is -0.123. The average molecular weight is 171 g/mol. The van der Waals surface area contributed by atoms with Gasteiger partial charge >= 0.3 is 6.03 Å². The Labute approximate surface area is 71.0 Å². The Hall–Kier alpha value is -1.42. The van der Waals surface area contributed by atoms with Gasteiger partial charge in [-0.3, -0.25) is 0 Å². The van der Waals surface area contributed by atoms with Crippen molar-refractivity contribution in [1.29, 1.82) is 0 Å². The van der Waals surface area contributed by atoms with Crippen molar-refractivity contribution < 1.29 is 4.79 Å². The first-order valence-electron chi connectivity index (χ1n) is 3.72. The van der Waals surface area contributed by atoms with Crippen LogP contribution in [0.3, 0.4) is 0 Å². The van der Waals surface area contributed by atoms with E-state index in [4.69, 9.17) is 5.53 Å². The minimum absolute atomic E-state index is 0.115. The van der Waals surface area contributed by atoms with E-state index in [9.17, 15) is 4.79 Å². The molecule has 0 unspecified atom stereocenters. The van der Waals surface area contributed by atoms with Gasteiger partial charge in [-0.2, -0.15) is 0 Å². The second-order valence-electron chi connectivity index (χ2n) is 2.51. The topological polar surface area (TPSA) is 89.9 Å². The van der Waals surface area contributed by atoms with Crippen molar-refractivity contribution in [2.24, 2.45) is 5.11 Å². The van der Waals surface area contributed by atoms with Crippen LogP contribution in [0.15, 0.2) is 5.11 Å². The van der Waals surface area contributed by atoms with E-state index in [-0.39, 0.29) is 18.6 Å². The summed E-state index contributed by atoms with van der Waals surface area (Å²) in [7, 11) is 0. The molecule has 2 N–H and O–H groups in total. The van der Waals surface area contributed by atoms with Crippen molar-refractivity contribution in [2.75, 3.05) is 13.1 Å². The van der Waals surface area contributed by atoms with Gasteiger partial charge in [0.25, 0.3) is 0 Å². The molecule has 0 rings (SSSR count). The molecular weight excluding hydrogens is 158 g/mol. The van der Waals surface area contributed by atoms with Gasteiger partial charge in [-0.1, -0.05) is 5.11 Å². The van der Waals surface area contributed by atoms with Crippen LogP contribution in [-0.4, -0.2) is 25.2 Å². The predicted molar refractivity (Wildman–Crippen MR) is 45.7 cm³/mol. The second kappa shape index (κ2) is 6.30. The lowest BCUT2D eigenvalue weighted by molar-refractivity contribution is 0.239. The normalized spacial score (nSPS) is 8.92. The van der Waals surface area contributed by atoms with Crippen LogP contribution >= 0.6 is 0 Å². The van der Waals surface area contributed by atoms with Gasteiger partial charge in [0.05, 0.1) is 0 Å².